The normalized spacial score (nSPS) is 14.2. The number of rotatable bonds is 4. The Morgan fingerprint density at radius 3 is 3.00 bits per heavy atom. The number of nitriles is 1. The molecule has 0 saturated heterocycles. The fourth-order valence-corrected chi connectivity index (χ4v) is 2.84. The lowest BCUT2D eigenvalue weighted by molar-refractivity contribution is 0.369. The van der Waals surface area contributed by atoms with Crippen LogP contribution in [0.2, 0.25) is 0 Å². The van der Waals surface area contributed by atoms with Crippen LogP contribution in [0.15, 0.2) is 24.3 Å². The smallest absolute Gasteiger partial charge is 0.174 e. The summed E-state index contributed by atoms with van der Waals surface area (Å²) >= 11 is 0. The van der Waals surface area contributed by atoms with Crippen molar-refractivity contribution in [2.45, 2.75) is 32.2 Å². The molecule has 0 aliphatic carbocycles. The first-order valence-corrected chi connectivity index (χ1v) is 8.03. The van der Waals surface area contributed by atoms with Gasteiger partial charge in [-0.15, -0.1) is 16.6 Å². The number of terminal acetylenes is 1. The van der Waals surface area contributed by atoms with Gasteiger partial charge >= 0.3 is 0 Å². The fourth-order valence-electron chi connectivity index (χ4n) is 2.84. The highest BCUT2D eigenvalue weighted by atomic mass is 16.5. The predicted molar refractivity (Wildman–Crippen MR) is 91.8 cm³/mol. The first-order valence-electron chi connectivity index (χ1n) is 8.03. The molecule has 1 aromatic heterocycles. The molecule has 2 heterocycles. The van der Waals surface area contributed by atoms with Gasteiger partial charge in [0.25, 0.3) is 0 Å². The van der Waals surface area contributed by atoms with Crippen LogP contribution in [0.4, 0.5) is 0 Å². The molecule has 24 heavy (non-hydrogen) atoms. The van der Waals surface area contributed by atoms with Crippen molar-refractivity contribution in [3.63, 3.8) is 0 Å². The van der Waals surface area contributed by atoms with Gasteiger partial charge in [-0.25, -0.2) is 0 Å². The van der Waals surface area contributed by atoms with E-state index in [0.29, 0.717) is 17.1 Å². The highest BCUT2D eigenvalue weighted by molar-refractivity contribution is 5.88. The molecule has 0 unspecified atom stereocenters. The van der Waals surface area contributed by atoms with Gasteiger partial charge in [-0.1, -0.05) is 30.5 Å². The number of nitrogens with zero attached hydrogens (tertiary/aromatic N) is 4. The second-order valence-corrected chi connectivity index (χ2v) is 5.60. The summed E-state index contributed by atoms with van der Waals surface area (Å²) in [6.45, 7) is 1.04. The minimum absolute atomic E-state index is 0.188. The number of hydrogen-bond donors (Lipinski definition) is 0. The molecule has 5 nitrogen and oxygen atoms in total. The van der Waals surface area contributed by atoms with Crippen LogP contribution in [0.25, 0.3) is 11.6 Å². The van der Waals surface area contributed by atoms with Gasteiger partial charge in [0.1, 0.15) is 24.3 Å². The molecule has 0 radical (unpaired) electrons. The summed E-state index contributed by atoms with van der Waals surface area (Å²) in [6.07, 6.45) is 11.3. The van der Waals surface area contributed by atoms with E-state index in [1.807, 2.05) is 24.3 Å². The van der Waals surface area contributed by atoms with E-state index in [1.165, 1.54) is 6.42 Å². The minimum Gasteiger partial charge on any atom is -0.480 e. The van der Waals surface area contributed by atoms with Gasteiger partial charge in [0.15, 0.2) is 5.82 Å². The maximum Gasteiger partial charge on any atom is 0.174 e. The lowest BCUT2D eigenvalue weighted by Crippen LogP contribution is -2.05. The van der Waals surface area contributed by atoms with Crippen molar-refractivity contribution in [2.24, 2.45) is 0 Å². The Labute approximate surface area is 141 Å². The first kappa shape index (κ1) is 15.8. The van der Waals surface area contributed by atoms with Crippen LogP contribution in [0, 0.1) is 23.7 Å². The van der Waals surface area contributed by atoms with Crippen LogP contribution in [0.5, 0.6) is 5.75 Å². The molecule has 0 saturated carbocycles. The van der Waals surface area contributed by atoms with Crippen molar-refractivity contribution in [1.82, 2.24) is 14.8 Å². The van der Waals surface area contributed by atoms with Crippen molar-refractivity contribution in [3.8, 4) is 24.2 Å². The zero-order valence-corrected chi connectivity index (χ0v) is 13.4. The molecule has 1 aromatic carbocycles. The summed E-state index contributed by atoms with van der Waals surface area (Å²) in [5.41, 5.74) is 1.28. The topological polar surface area (TPSA) is 63.7 Å². The summed E-state index contributed by atoms with van der Waals surface area (Å²) in [7, 11) is 0. The van der Waals surface area contributed by atoms with E-state index in [2.05, 4.69) is 26.8 Å². The number of benzene rings is 1. The van der Waals surface area contributed by atoms with Gasteiger partial charge in [-0.3, -0.25) is 0 Å². The van der Waals surface area contributed by atoms with E-state index in [9.17, 15) is 5.26 Å². The summed E-state index contributed by atoms with van der Waals surface area (Å²) < 4.78 is 7.61. The van der Waals surface area contributed by atoms with Crippen molar-refractivity contribution in [1.29, 1.82) is 5.26 Å². The quantitative estimate of drug-likeness (QED) is 0.642. The highest BCUT2D eigenvalue weighted by Gasteiger charge is 2.18. The van der Waals surface area contributed by atoms with Crippen molar-refractivity contribution in [2.75, 3.05) is 6.61 Å². The summed E-state index contributed by atoms with van der Waals surface area (Å²) in [5.74, 6) is 4.69. The Morgan fingerprint density at radius 1 is 1.29 bits per heavy atom. The molecule has 0 fully saturated rings. The summed E-state index contributed by atoms with van der Waals surface area (Å²) in [5, 5.41) is 18.1. The van der Waals surface area contributed by atoms with Gasteiger partial charge in [-0.05, 0) is 25.0 Å². The molecule has 0 spiro atoms. The molecule has 1 aliphatic rings. The van der Waals surface area contributed by atoms with E-state index in [0.717, 1.165) is 37.2 Å². The number of para-hydroxylation sites is 1. The Balaban J connectivity index is 1.99. The second kappa shape index (κ2) is 7.48. The van der Waals surface area contributed by atoms with Crippen LogP contribution in [-0.2, 0) is 13.0 Å². The molecule has 0 atom stereocenters. The maximum absolute atomic E-state index is 9.63. The lowest BCUT2D eigenvalue weighted by atomic mass is 10.1. The number of allylic oxidation sites excluding steroid dienone is 1. The van der Waals surface area contributed by atoms with Gasteiger partial charge in [0.05, 0.1) is 5.57 Å². The zero-order chi connectivity index (χ0) is 16.8. The first-order chi connectivity index (χ1) is 11.8. The van der Waals surface area contributed by atoms with Crippen molar-refractivity contribution in [3.05, 3.63) is 41.5 Å². The highest BCUT2D eigenvalue weighted by Crippen LogP contribution is 2.25. The van der Waals surface area contributed by atoms with Crippen molar-refractivity contribution >= 4 is 11.6 Å². The largest absolute Gasteiger partial charge is 0.480 e. The van der Waals surface area contributed by atoms with Gasteiger partial charge < -0.3 is 9.30 Å². The molecule has 0 N–H and O–H groups in total. The molecule has 0 amide bonds. The van der Waals surface area contributed by atoms with Gasteiger partial charge in [0, 0.05) is 18.5 Å². The fraction of sp³-hybridized carbons (Fsp3) is 0.316. The minimum atomic E-state index is 0.188. The number of ether oxygens (including phenoxy) is 1. The number of hydrogen-bond acceptors (Lipinski definition) is 4. The SMILES string of the molecule is C#CCOc1ccccc1/C=C(\C#N)c1nnc2n1CCCCC2. The second-order valence-electron chi connectivity index (χ2n) is 5.60. The zero-order valence-electron chi connectivity index (χ0n) is 13.4. The molecular weight excluding hydrogens is 300 g/mol. The van der Waals surface area contributed by atoms with E-state index < -0.39 is 0 Å². The summed E-state index contributed by atoms with van der Waals surface area (Å²) in [4.78, 5) is 0. The number of aryl methyl sites for hydroxylation is 1. The molecule has 2 aromatic rings. The monoisotopic (exact) mass is 318 g/mol. The predicted octanol–water partition coefficient (Wildman–Crippen LogP) is 3.08. The van der Waals surface area contributed by atoms with Gasteiger partial charge in [0.2, 0.25) is 0 Å². The third-order valence-corrected chi connectivity index (χ3v) is 4.00. The van der Waals surface area contributed by atoms with Crippen LogP contribution in [0.3, 0.4) is 0 Å². The van der Waals surface area contributed by atoms with Crippen molar-refractivity contribution < 1.29 is 4.74 Å². The number of aromatic nitrogens is 3. The molecule has 0 bridgehead atoms. The average Bonchev–Trinajstić information content (AvgIpc) is 2.86. The van der Waals surface area contributed by atoms with E-state index in [-0.39, 0.29) is 6.61 Å². The van der Waals surface area contributed by atoms with E-state index >= 15 is 0 Å². The molecule has 1 aliphatic heterocycles. The average molecular weight is 318 g/mol. The number of fused-ring (bicyclic) bond motifs is 1. The Kier molecular flexibility index (Phi) is 4.93. The third-order valence-electron chi connectivity index (χ3n) is 4.00. The van der Waals surface area contributed by atoms with Crippen LogP contribution >= 0.6 is 0 Å². The van der Waals surface area contributed by atoms with Crippen LogP contribution in [0.1, 0.15) is 36.5 Å². The Hall–Kier alpha value is -3.05. The van der Waals surface area contributed by atoms with Crippen LogP contribution in [-0.4, -0.2) is 21.4 Å². The Bertz CT molecular complexity index is 836. The molecule has 3 rings (SSSR count). The summed E-state index contributed by atoms with van der Waals surface area (Å²) in [6, 6.07) is 9.75. The van der Waals surface area contributed by atoms with Gasteiger partial charge in [-0.2, -0.15) is 5.26 Å². The standard InChI is InChI=1S/C19H18N4O/c1-2-12-24-17-9-6-5-8-15(17)13-16(14-20)19-22-21-18-10-4-3-7-11-23(18)19/h1,5-6,8-9,13H,3-4,7,10-12H2/b16-13+. The molecule has 120 valence electrons. The third kappa shape index (κ3) is 3.31. The maximum atomic E-state index is 9.63. The van der Waals surface area contributed by atoms with Crippen LogP contribution < -0.4 is 4.74 Å². The van der Waals surface area contributed by atoms with E-state index in [1.54, 1.807) is 6.08 Å². The lowest BCUT2D eigenvalue weighted by Gasteiger charge is -2.08. The molecule has 5 heteroatoms. The molecular formula is C19H18N4O. The Morgan fingerprint density at radius 2 is 2.17 bits per heavy atom. The van der Waals surface area contributed by atoms with E-state index in [4.69, 9.17) is 11.2 Å².